The molecule has 106 valence electrons. The summed E-state index contributed by atoms with van der Waals surface area (Å²) in [7, 11) is 3.41. The van der Waals surface area contributed by atoms with Crippen LogP contribution in [-0.2, 0) is 9.47 Å². The first-order chi connectivity index (χ1) is 9.22. The number of methoxy groups -OCH3 is 2. The number of benzene rings is 1. The molecule has 0 aliphatic rings. The van der Waals surface area contributed by atoms with Crippen molar-refractivity contribution < 1.29 is 14.3 Å². The number of hydrogen-bond donors (Lipinski definition) is 0. The van der Waals surface area contributed by atoms with Crippen LogP contribution in [0.2, 0.25) is 0 Å². The van der Waals surface area contributed by atoms with E-state index in [9.17, 15) is 4.79 Å². The summed E-state index contributed by atoms with van der Waals surface area (Å²) in [5, 5.41) is 0. The van der Waals surface area contributed by atoms with Gasteiger partial charge >= 0.3 is 0 Å². The number of aryl methyl sites for hydroxylation is 1. The lowest BCUT2D eigenvalue weighted by Gasteiger charge is -2.25. The first kappa shape index (κ1) is 15.7. The Balaban J connectivity index is 2.77. The van der Waals surface area contributed by atoms with Crippen LogP contribution in [0.15, 0.2) is 18.2 Å². The topological polar surface area (TPSA) is 38.8 Å². The summed E-state index contributed by atoms with van der Waals surface area (Å²) >= 11 is 0. The Hall–Kier alpha value is -1.39. The van der Waals surface area contributed by atoms with Crippen molar-refractivity contribution in [3.63, 3.8) is 0 Å². The maximum absolute atomic E-state index is 10.8. The summed E-state index contributed by atoms with van der Waals surface area (Å²) in [6.45, 7) is 5.13. The van der Waals surface area contributed by atoms with Crippen LogP contribution in [0.25, 0.3) is 0 Å². The van der Waals surface area contributed by atoms with Gasteiger partial charge in [-0.05, 0) is 37.1 Å². The third-order valence-electron chi connectivity index (χ3n) is 3.09. The highest BCUT2D eigenvalue weighted by Crippen LogP contribution is 2.18. The molecule has 0 atom stereocenters. The number of rotatable bonds is 9. The molecule has 0 spiro atoms. The molecule has 0 saturated heterocycles. The van der Waals surface area contributed by atoms with Crippen LogP contribution in [0.3, 0.4) is 0 Å². The summed E-state index contributed by atoms with van der Waals surface area (Å²) in [6.07, 6.45) is 1.86. The largest absolute Gasteiger partial charge is 0.385 e. The highest BCUT2D eigenvalue weighted by atomic mass is 16.5. The van der Waals surface area contributed by atoms with Gasteiger partial charge in [0, 0.05) is 45.2 Å². The molecule has 0 radical (unpaired) electrons. The van der Waals surface area contributed by atoms with Gasteiger partial charge in [-0.25, -0.2) is 0 Å². The summed E-state index contributed by atoms with van der Waals surface area (Å²) in [4.78, 5) is 13.1. The van der Waals surface area contributed by atoms with E-state index in [0.29, 0.717) is 6.61 Å². The third-order valence-corrected chi connectivity index (χ3v) is 3.09. The Morgan fingerprint density at radius 3 is 2.47 bits per heavy atom. The number of carbonyl (C=O) groups excluding carboxylic acids is 1. The predicted octanol–water partition coefficient (Wildman–Crippen LogP) is 2.30. The molecular weight excluding hydrogens is 242 g/mol. The Labute approximate surface area is 115 Å². The van der Waals surface area contributed by atoms with Crippen molar-refractivity contribution in [2.45, 2.75) is 13.3 Å². The van der Waals surface area contributed by atoms with Gasteiger partial charge in [0.05, 0.1) is 6.61 Å². The summed E-state index contributed by atoms with van der Waals surface area (Å²) in [5.74, 6) is 0. The van der Waals surface area contributed by atoms with E-state index in [2.05, 4.69) is 4.90 Å². The first-order valence-electron chi connectivity index (χ1n) is 6.51. The van der Waals surface area contributed by atoms with E-state index in [0.717, 1.165) is 49.2 Å². The summed E-state index contributed by atoms with van der Waals surface area (Å²) < 4.78 is 10.2. The highest BCUT2D eigenvalue weighted by Gasteiger charge is 2.08. The average molecular weight is 265 g/mol. The molecule has 0 N–H and O–H groups in total. The second-order valence-electron chi connectivity index (χ2n) is 4.48. The minimum absolute atomic E-state index is 0.682. The van der Waals surface area contributed by atoms with E-state index in [1.807, 2.05) is 25.1 Å². The Morgan fingerprint density at radius 1 is 1.16 bits per heavy atom. The zero-order valence-corrected chi connectivity index (χ0v) is 12.0. The molecule has 0 aromatic heterocycles. The van der Waals surface area contributed by atoms with Crippen molar-refractivity contribution in [1.29, 1.82) is 0 Å². The molecule has 0 fully saturated rings. The fraction of sp³-hybridized carbons (Fsp3) is 0.533. The molecule has 1 aromatic rings. The van der Waals surface area contributed by atoms with Crippen LogP contribution < -0.4 is 4.90 Å². The molecule has 0 aliphatic carbocycles. The minimum atomic E-state index is 0.682. The molecule has 4 heteroatoms. The molecule has 19 heavy (non-hydrogen) atoms. The van der Waals surface area contributed by atoms with E-state index >= 15 is 0 Å². The van der Waals surface area contributed by atoms with E-state index in [1.165, 1.54) is 0 Å². The molecule has 1 aromatic carbocycles. The van der Waals surface area contributed by atoms with Gasteiger partial charge in [-0.15, -0.1) is 0 Å². The molecule has 0 unspecified atom stereocenters. The van der Waals surface area contributed by atoms with Crippen molar-refractivity contribution in [2.75, 3.05) is 45.4 Å². The monoisotopic (exact) mass is 265 g/mol. The molecule has 0 bridgehead atoms. The maximum atomic E-state index is 10.8. The van der Waals surface area contributed by atoms with Gasteiger partial charge < -0.3 is 14.4 Å². The van der Waals surface area contributed by atoms with Crippen LogP contribution in [0.1, 0.15) is 22.3 Å². The second-order valence-corrected chi connectivity index (χ2v) is 4.48. The van der Waals surface area contributed by atoms with E-state index in [1.54, 1.807) is 14.2 Å². The SMILES string of the molecule is COCCCN(CCOC)c1ccc(C=O)c(C)c1. The predicted molar refractivity (Wildman–Crippen MR) is 77.1 cm³/mol. The Kier molecular flexibility index (Phi) is 7.15. The molecular formula is C15H23NO3. The normalized spacial score (nSPS) is 10.5. The third kappa shape index (κ3) is 5.01. The fourth-order valence-corrected chi connectivity index (χ4v) is 1.96. The number of nitrogens with zero attached hydrogens (tertiary/aromatic N) is 1. The standard InChI is InChI=1S/C15H23NO3/c1-13-11-15(6-5-14(13)12-17)16(8-10-19-3)7-4-9-18-2/h5-6,11-12H,4,7-10H2,1-3H3. The summed E-state index contributed by atoms with van der Waals surface area (Å²) in [5.41, 5.74) is 2.87. The van der Waals surface area contributed by atoms with Crippen molar-refractivity contribution in [2.24, 2.45) is 0 Å². The number of hydrogen-bond acceptors (Lipinski definition) is 4. The van der Waals surface area contributed by atoms with Gasteiger partial charge in [0.2, 0.25) is 0 Å². The van der Waals surface area contributed by atoms with Crippen LogP contribution in [-0.4, -0.2) is 46.8 Å². The lowest BCUT2D eigenvalue weighted by molar-refractivity contribution is 0.112. The van der Waals surface area contributed by atoms with Gasteiger partial charge in [-0.3, -0.25) is 4.79 Å². The summed E-state index contributed by atoms with van der Waals surface area (Å²) in [6, 6.07) is 5.90. The number of aldehydes is 1. The quantitative estimate of drug-likeness (QED) is 0.507. The Morgan fingerprint density at radius 2 is 1.89 bits per heavy atom. The van der Waals surface area contributed by atoms with Gasteiger partial charge in [-0.1, -0.05) is 0 Å². The highest BCUT2D eigenvalue weighted by molar-refractivity contribution is 5.78. The van der Waals surface area contributed by atoms with Crippen LogP contribution >= 0.6 is 0 Å². The minimum Gasteiger partial charge on any atom is -0.385 e. The molecule has 0 heterocycles. The molecule has 0 saturated carbocycles. The van der Waals surface area contributed by atoms with Crippen molar-refractivity contribution in [3.8, 4) is 0 Å². The number of ether oxygens (including phenoxy) is 2. The Bertz CT molecular complexity index is 393. The van der Waals surface area contributed by atoms with Crippen molar-refractivity contribution in [1.82, 2.24) is 0 Å². The van der Waals surface area contributed by atoms with Crippen molar-refractivity contribution in [3.05, 3.63) is 29.3 Å². The zero-order valence-electron chi connectivity index (χ0n) is 12.0. The van der Waals surface area contributed by atoms with E-state index < -0.39 is 0 Å². The first-order valence-corrected chi connectivity index (χ1v) is 6.51. The van der Waals surface area contributed by atoms with E-state index in [4.69, 9.17) is 9.47 Å². The lowest BCUT2D eigenvalue weighted by atomic mass is 10.1. The second kappa shape index (κ2) is 8.67. The van der Waals surface area contributed by atoms with Crippen LogP contribution in [0.4, 0.5) is 5.69 Å². The van der Waals surface area contributed by atoms with Gasteiger partial charge in [0.1, 0.15) is 6.29 Å². The van der Waals surface area contributed by atoms with Crippen LogP contribution in [0.5, 0.6) is 0 Å². The van der Waals surface area contributed by atoms with Crippen molar-refractivity contribution >= 4 is 12.0 Å². The smallest absolute Gasteiger partial charge is 0.150 e. The zero-order chi connectivity index (χ0) is 14.1. The number of carbonyl (C=O) groups is 1. The molecule has 4 nitrogen and oxygen atoms in total. The van der Waals surface area contributed by atoms with Crippen LogP contribution in [0, 0.1) is 6.92 Å². The van der Waals surface area contributed by atoms with Gasteiger partial charge in [-0.2, -0.15) is 0 Å². The molecule has 0 aliphatic heterocycles. The molecule has 1 rings (SSSR count). The van der Waals surface area contributed by atoms with Gasteiger partial charge in [0.15, 0.2) is 0 Å². The average Bonchev–Trinajstić information content (AvgIpc) is 2.42. The number of anilines is 1. The van der Waals surface area contributed by atoms with E-state index in [-0.39, 0.29) is 0 Å². The van der Waals surface area contributed by atoms with Gasteiger partial charge in [0.25, 0.3) is 0 Å². The maximum Gasteiger partial charge on any atom is 0.150 e. The fourth-order valence-electron chi connectivity index (χ4n) is 1.96. The molecule has 0 amide bonds. The lowest BCUT2D eigenvalue weighted by Crippen LogP contribution is -2.29.